The molecule has 0 spiro atoms. The van der Waals surface area contributed by atoms with E-state index in [1.165, 1.54) is 5.56 Å². The number of fused-ring (bicyclic) bond motifs is 1. The Labute approximate surface area is 195 Å². The standard InChI is InChI=1S/C24H25BrN4OS/c1-17-22(16-31-24-27-20-5-3-4-6-21(20)28-24)26-12-11-23(17)30-14-13-29(2)15-18-7-9-19(25)10-8-18/h3-12H,13-16H2,1-2H3,(H,27,28). The molecule has 0 aliphatic carbocycles. The Morgan fingerprint density at radius 3 is 2.71 bits per heavy atom. The first-order valence-corrected chi connectivity index (χ1v) is 11.9. The summed E-state index contributed by atoms with van der Waals surface area (Å²) in [6.07, 6.45) is 1.82. The Morgan fingerprint density at radius 1 is 1.10 bits per heavy atom. The molecule has 2 aromatic heterocycles. The fraction of sp³-hybridized carbons (Fsp3) is 0.250. The van der Waals surface area contributed by atoms with Crippen molar-refractivity contribution in [2.24, 2.45) is 0 Å². The molecule has 0 fully saturated rings. The van der Waals surface area contributed by atoms with Gasteiger partial charge in [-0.2, -0.15) is 0 Å². The summed E-state index contributed by atoms with van der Waals surface area (Å²) in [6.45, 7) is 4.45. The molecule has 5 nitrogen and oxygen atoms in total. The average molecular weight is 497 g/mol. The first-order chi connectivity index (χ1) is 15.1. The Kier molecular flexibility index (Phi) is 7.27. The number of aromatic amines is 1. The molecule has 2 aromatic carbocycles. The van der Waals surface area contributed by atoms with Crippen molar-refractivity contribution in [1.29, 1.82) is 0 Å². The van der Waals surface area contributed by atoms with Crippen molar-refractivity contribution in [3.63, 3.8) is 0 Å². The molecule has 0 amide bonds. The first kappa shape index (κ1) is 21.9. The lowest BCUT2D eigenvalue weighted by atomic mass is 10.2. The van der Waals surface area contributed by atoms with E-state index in [0.29, 0.717) is 6.61 Å². The second-order valence-electron chi connectivity index (χ2n) is 7.44. The highest BCUT2D eigenvalue weighted by atomic mass is 79.9. The maximum Gasteiger partial charge on any atom is 0.166 e. The molecule has 0 saturated carbocycles. The zero-order chi connectivity index (χ0) is 21.6. The van der Waals surface area contributed by atoms with Gasteiger partial charge in [-0.05, 0) is 49.9 Å². The van der Waals surface area contributed by atoms with Gasteiger partial charge in [-0.25, -0.2) is 4.98 Å². The van der Waals surface area contributed by atoms with Crippen molar-refractivity contribution in [3.8, 4) is 5.75 Å². The zero-order valence-electron chi connectivity index (χ0n) is 17.6. The van der Waals surface area contributed by atoms with Gasteiger partial charge < -0.3 is 9.72 Å². The van der Waals surface area contributed by atoms with Crippen LogP contribution in [0.1, 0.15) is 16.8 Å². The summed E-state index contributed by atoms with van der Waals surface area (Å²) in [5.41, 5.74) is 5.43. The molecule has 31 heavy (non-hydrogen) atoms. The number of H-pyrrole nitrogens is 1. The van der Waals surface area contributed by atoms with Crippen LogP contribution in [0.4, 0.5) is 0 Å². The zero-order valence-corrected chi connectivity index (χ0v) is 20.0. The number of hydrogen-bond donors (Lipinski definition) is 1. The van der Waals surface area contributed by atoms with Crippen molar-refractivity contribution in [1.82, 2.24) is 19.9 Å². The van der Waals surface area contributed by atoms with Crippen LogP contribution >= 0.6 is 27.7 Å². The molecule has 0 aliphatic heterocycles. The molecule has 0 atom stereocenters. The third-order valence-corrected chi connectivity index (χ3v) is 6.48. The van der Waals surface area contributed by atoms with Gasteiger partial charge >= 0.3 is 0 Å². The Hall–Kier alpha value is -2.35. The van der Waals surface area contributed by atoms with E-state index in [0.717, 1.165) is 56.5 Å². The van der Waals surface area contributed by atoms with Crippen LogP contribution in [0.5, 0.6) is 5.75 Å². The predicted molar refractivity (Wildman–Crippen MR) is 131 cm³/mol. The number of ether oxygens (including phenoxy) is 1. The number of likely N-dealkylation sites (N-methyl/N-ethyl adjacent to an activating group) is 1. The van der Waals surface area contributed by atoms with Crippen molar-refractivity contribution >= 4 is 38.7 Å². The molecular weight excluding hydrogens is 472 g/mol. The fourth-order valence-corrected chi connectivity index (χ4v) is 4.46. The van der Waals surface area contributed by atoms with Gasteiger partial charge in [-0.1, -0.05) is 52.0 Å². The van der Waals surface area contributed by atoms with E-state index in [1.807, 2.05) is 36.5 Å². The topological polar surface area (TPSA) is 54.0 Å². The quantitative estimate of drug-likeness (QED) is 0.295. The minimum atomic E-state index is 0.633. The number of benzene rings is 2. The molecule has 0 aliphatic rings. The van der Waals surface area contributed by atoms with Gasteiger partial charge in [0.25, 0.3) is 0 Å². The van der Waals surface area contributed by atoms with Crippen molar-refractivity contribution in [3.05, 3.63) is 82.1 Å². The van der Waals surface area contributed by atoms with Gasteiger partial charge in [-0.15, -0.1) is 0 Å². The lowest BCUT2D eigenvalue weighted by Gasteiger charge is -2.18. The molecule has 4 aromatic rings. The van der Waals surface area contributed by atoms with E-state index in [9.17, 15) is 0 Å². The lowest BCUT2D eigenvalue weighted by molar-refractivity contribution is 0.231. The Balaban J connectivity index is 1.30. The minimum Gasteiger partial charge on any atom is -0.492 e. The molecule has 160 valence electrons. The number of thioether (sulfide) groups is 1. The van der Waals surface area contributed by atoms with E-state index in [2.05, 4.69) is 74.0 Å². The second kappa shape index (κ2) is 10.3. The number of para-hydroxylation sites is 2. The van der Waals surface area contributed by atoms with Crippen molar-refractivity contribution in [2.75, 3.05) is 20.2 Å². The number of halogens is 1. The number of rotatable bonds is 9. The van der Waals surface area contributed by atoms with Gasteiger partial charge in [0.2, 0.25) is 0 Å². The highest BCUT2D eigenvalue weighted by Gasteiger charge is 2.10. The number of imidazole rings is 1. The summed E-state index contributed by atoms with van der Waals surface area (Å²) in [4.78, 5) is 14.8. The van der Waals surface area contributed by atoms with Crippen LogP contribution in [0.2, 0.25) is 0 Å². The van der Waals surface area contributed by atoms with Crippen LogP contribution in [-0.4, -0.2) is 40.1 Å². The number of pyridine rings is 1. The van der Waals surface area contributed by atoms with Crippen LogP contribution in [0.25, 0.3) is 11.0 Å². The molecule has 0 saturated heterocycles. The average Bonchev–Trinajstić information content (AvgIpc) is 3.19. The maximum atomic E-state index is 6.08. The molecule has 1 N–H and O–H groups in total. The fourth-order valence-electron chi connectivity index (χ4n) is 3.29. The smallest absolute Gasteiger partial charge is 0.166 e. The van der Waals surface area contributed by atoms with Crippen LogP contribution in [0, 0.1) is 6.92 Å². The molecule has 4 rings (SSSR count). The largest absolute Gasteiger partial charge is 0.492 e. The van der Waals surface area contributed by atoms with E-state index < -0.39 is 0 Å². The molecular formula is C24H25BrN4OS. The molecule has 0 radical (unpaired) electrons. The first-order valence-electron chi connectivity index (χ1n) is 10.2. The molecule has 0 bridgehead atoms. The van der Waals surface area contributed by atoms with Gasteiger partial charge in [0, 0.05) is 35.1 Å². The summed E-state index contributed by atoms with van der Waals surface area (Å²) >= 11 is 5.14. The lowest BCUT2D eigenvalue weighted by Crippen LogP contribution is -2.24. The molecule has 7 heteroatoms. The summed E-state index contributed by atoms with van der Waals surface area (Å²) in [5, 5.41) is 0.906. The summed E-state index contributed by atoms with van der Waals surface area (Å²) < 4.78 is 7.18. The third kappa shape index (κ3) is 5.87. The normalized spacial score (nSPS) is 11.4. The number of nitrogens with zero attached hydrogens (tertiary/aromatic N) is 3. The Morgan fingerprint density at radius 2 is 1.90 bits per heavy atom. The summed E-state index contributed by atoms with van der Waals surface area (Å²) in [7, 11) is 2.11. The van der Waals surface area contributed by atoms with Gasteiger partial charge in [0.15, 0.2) is 5.16 Å². The predicted octanol–water partition coefficient (Wildman–Crippen LogP) is 5.83. The van der Waals surface area contributed by atoms with Crippen LogP contribution in [0.15, 0.2) is 70.4 Å². The number of nitrogens with one attached hydrogen (secondary N) is 1. The number of aromatic nitrogens is 3. The van der Waals surface area contributed by atoms with Gasteiger partial charge in [0.05, 0.1) is 16.7 Å². The summed E-state index contributed by atoms with van der Waals surface area (Å²) in [6, 6.07) is 18.4. The number of hydrogen-bond acceptors (Lipinski definition) is 5. The van der Waals surface area contributed by atoms with E-state index >= 15 is 0 Å². The van der Waals surface area contributed by atoms with Crippen molar-refractivity contribution < 1.29 is 4.74 Å². The second-order valence-corrected chi connectivity index (χ2v) is 9.32. The Bertz CT molecular complexity index is 1110. The van der Waals surface area contributed by atoms with Crippen molar-refractivity contribution in [2.45, 2.75) is 24.4 Å². The van der Waals surface area contributed by atoms with Crippen LogP contribution in [0.3, 0.4) is 0 Å². The highest BCUT2D eigenvalue weighted by Crippen LogP contribution is 2.27. The SMILES string of the molecule is Cc1c(OCCN(C)Cc2ccc(Br)cc2)ccnc1CSc1nc2ccccc2[nH]1. The van der Waals surface area contributed by atoms with E-state index in [1.54, 1.807) is 11.8 Å². The minimum absolute atomic E-state index is 0.633. The van der Waals surface area contributed by atoms with E-state index in [-0.39, 0.29) is 0 Å². The summed E-state index contributed by atoms with van der Waals surface area (Å²) in [5.74, 6) is 1.64. The van der Waals surface area contributed by atoms with Gasteiger partial charge in [-0.3, -0.25) is 9.88 Å². The molecule has 2 heterocycles. The van der Waals surface area contributed by atoms with E-state index in [4.69, 9.17) is 4.74 Å². The van der Waals surface area contributed by atoms with Crippen LogP contribution in [-0.2, 0) is 12.3 Å². The highest BCUT2D eigenvalue weighted by molar-refractivity contribution is 9.10. The third-order valence-electron chi connectivity index (χ3n) is 5.07. The monoisotopic (exact) mass is 496 g/mol. The molecule has 0 unspecified atom stereocenters. The maximum absolute atomic E-state index is 6.08. The van der Waals surface area contributed by atoms with Crippen LogP contribution < -0.4 is 4.74 Å². The van der Waals surface area contributed by atoms with Gasteiger partial charge in [0.1, 0.15) is 12.4 Å².